The number of benzene rings is 1. The number of nitrogens with one attached hydrogen (secondary N) is 1. The number of likely N-dealkylation sites (tertiary alicyclic amines) is 2. The summed E-state index contributed by atoms with van der Waals surface area (Å²) in [5.41, 5.74) is 0.632. The molecule has 3 aliphatic rings. The quantitative estimate of drug-likeness (QED) is 0.633. The summed E-state index contributed by atoms with van der Waals surface area (Å²) in [5.74, 6) is -0.285. The van der Waals surface area contributed by atoms with E-state index in [9.17, 15) is 18.8 Å². The van der Waals surface area contributed by atoms with Crippen LogP contribution in [-0.4, -0.2) is 103 Å². The smallest absolute Gasteiger partial charge is 0.405 e. The van der Waals surface area contributed by atoms with Gasteiger partial charge in [-0.2, -0.15) is 0 Å². The monoisotopic (exact) mass is 489 g/mol. The zero-order chi connectivity index (χ0) is 25.2. The van der Waals surface area contributed by atoms with E-state index in [4.69, 9.17) is 5.11 Å². The number of piperazine rings is 1. The van der Waals surface area contributed by atoms with Gasteiger partial charge in [0, 0.05) is 64.6 Å². The van der Waals surface area contributed by atoms with Crippen LogP contribution in [0, 0.1) is 11.2 Å². The third kappa shape index (κ3) is 5.52. The average molecular weight is 490 g/mol. The van der Waals surface area contributed by atoms with Crippen LogP contribution in [0.3, 0.4) is 0 Å². The first-order chi connectivity index (χ1) is 16.7. The Morgan fingerprint density at radius 3 is 2.34 bits per heavy atom. The molecule has 3 aliphatic heterocycles. The number of anilines is 1. The molecule has 35 heavy (non-hydrogen) atoms. The van der Waals surface area contributed by atoms with E-state index in [0.717, 1.165) is 51.3 Å². The molecule has 1 aromatic rings. The lowest BCUT2D eigenvalue weighted by Crippen LogP contribution is -2.52. The van der Waals surface area contributed by atoms with Crippen LogP contribution in [0.5, 0.6) is 0 Å². The Labute approximate surface area is 205 Å². The summed E-state index contributed by atoms with van der Waals surface area (Å²) in [6, 6.07) is 6.04. The maximum absolute atomic E-state index is 13.2. The van der Waals surface area contributed by atoms with Crippen molar-refractivity contribution >= 4 is 23.6 Å². The Hall–Kier alpha value is -2.88. The van der Waals surface area contributed by atoms with Crippen molar-refractivity contribution in [2.24, 2.45) is 5.41 Å². The van der Waals surface area contributed by atoms with Gasteiger partial charge in [-0.05, 0) is 56.9 Å². The Morgan fingerprint density at radius 2 is 1.74 bits per heavy atom. The predicted molar refractivity (Wildman–Crippen MR) is 130 cm³/mol. The fourth-order valence-corrected chi connectivity index (χ4v) is 5.82. The average Bonchev–Trinajstić information content (AvgIpc) is 3.08. The lowest BCUT2D eigenvalue weighted by molar-refractivity contribution is -0.142. The van der Waals surface area contributed by atoms with Gasteiger partial charge in [0.05, 0.1) is 5.41 Å². The van der Waals surface area contributed by atoms with Crippen LogP contribution < -0.4 is 10.2 Å². The van der Waals surface area contributed by atoms with Crippen molar-refractivity contribution in [3.05, 3.63) is 30.1 Å². The van der Waals surface area contributed by atoms with E-state index in [2.05, 4.69) is 15.1 Å². The molecule has 3 fully saturated rings. The minimum Gasteiger partial charge on any atom is -0.465 e. The highest BCUT2D eigenvalue weighted by molar-refractivity contribution is 5.87. The van der Waals surface area contributed by atoms with Crippen LogP contribution in [0.15, 0.2) is 24.3 Å². The molecule has 10 heteroatoms. The molecular formula is C25H36FN5O4. The molecule has 1 aromatic carbocycles. The van der Waals surface area contributed by atoms with E-state index >= 15 is 0 Å². The molecule has 9 nitrogen and oxygen atoms in total. The zero-order valence-electron chi connectivity index (χ0n) is 20.6. The van der Waals surface area contributed by atoms with Gasteiger partial charge in [0.1, 0.15) is 11.9 Å². The maximum atomic E-state index is 13.2. The number of amides is 3. The van der Waals surface area contributed by atoms with Gasteiger partial charge in [-0.1, -0.05) is 0 Å². The summed E-state index contributed by atoms with van der Waals surface area (Å²) in [6.45, 7) is 7.09. The third-order valence-electron chi connectivity index (χ3n) is 8.03. The number of nitrogens with zero attached hydrogens (tertiary/aromatic N) is 4. The zero-order valence-corrected chi connectivity index (χ0v) is 20.6. The van der Waals surface area contributed by atoms with Crippen molar-refractivity contribution in [3.8, 4) is 0 Å². The number of halogens is 1. The molecule has 0 radical (unpaired) electrons. The molecule has 3 heterocycles. The molecule has 0 unspecified atom stereocenters. The second kappa shape index (κ2) is 10.4. The number of rotatable bonds is 6. The number of hydrogen-bond acceptors (Lipinski definition) is 5. The minimum absolute atomic E-state index is 0.174. The molecular weight excluding hydrogens is 453 g/mol. The van der Waals surface area contributed by atoms with Crippen LogP contribution in [0.1, 0.15) is 32.6 Å². The van der Waals surface area contributed by atoms with Crippen LogP contribution >= 0.6 is 0 Å². The van der Waals surface area contributed by atoms with Crippen LogP contribution in [0.25, 0.3) is 0 Å². The van der Waals surface area contributed by atoms with Gasteiger partial charge >= 0.3 is 6.09 Å². The van der Waals surface area contributed by atoms with E-state index in [-0.39, 0.29) is 23.7 Å². The molecule has 0 saturated carbocycles. The summed E-state index contributed by atoms with van der Waals surface area (Å²) in [6.07, 6.45) is 1.75. The highest BCUT2D eigenvalue weighted by Crippen LogP contribution is 2.44. The first-order valence-corrected chi connectivity index (χ1v) is 12.5. The first kappa shape index (κ1) is 25.2. The van der Waals surface area contributed by atoms with Gasteiger partial charge in [0.15, 0.2) is 0 Å². The van der Waals surface area contributed by atoms with Crippen LogP contribution in [0.2, 0.25) is 0 Å². The van der Waals surface area contributed by atoms with Crippen molar-refractivity contribution in [3.63, 3.8) is 0 Å². The normalized spacial score (nSPS) is 23.6. The highest BCUT2D eigenvalue weighted by atomic mass is 19.1. The topological polar surface area (TPSA) is 96.4 Å². The molecule has 3 saturated heterocycles. The van der Waals surface area contributed by atoms with Gasteiger partial charge < -0.3 is 25.1 Å². The fourth-order valence-electron chi connectivity index (χ4n) is 5.82. The van der Waals surface area contributed by atoms with Gasteiger partial charge in [0.25, 0.3) is 0 Å². The Bertz CT molecular complexity index is 926. The number of carbonyl (C=O) groups is 3. The van der Waals surface area contributed by atoms with Crippen molar-refractivity contribution in [2.75, 3.05) is 57.8 Å². The van der Waals surface area contributed by atoms with E-state index < -0.39 is 17.6 Å². The van der Waals surface area contributed by atoms with E-state index in [1.807, 2.05) is 24.1 Å². The molecule has 0 aliphatic carbocycles. The number of carboxylic acid groups (broad SMARTS) is 1. The lowest BCUT2D eigenvalue weighted by Gasteiger charge is -2.38. The molecule has 3 amide bonds. The van der Waals surface area contributed by atoms with Crippen molar-refractivity contribution in [1.29, 1.82) is 0 Å². The lowest BCUT2D eigenvalue weighted by atomic mass is 9.75. The van der Waals surface area contributed by atoms with E-state index in [0.29, 0.717) is 25.9 Å². The predicted octanol–water partition coefficient (Wildman–Crippen LogP) is 1.83. The number of carbonyl (C=O) groups excluding carboxylic acids is 2. The third-order valence-corrected chi connectivity index (χ3v) is 8.03. The first-order valence-electron chi connectivity index (χ1n) is 12.5. The molecule has 4 rings (SSSR count). The summed E-state index contributed by atoms with van der Waals surface area (Å²) in [7, 11) is 1.89. The largest absolute Gasteiger partial charge is 0.465 e. The summed E-state index contributed by atoms with van der Waals surface area (Å²) >= 11 is 0. The summed E-state index contributed by atoms with van der Waals surface area (Å²) in [5, 5.41) is 11.1. The van der Waals surface area contributed by atoms with Crippen LogP contribution in [0.4, 0.5) is 14.9 Å². The SMILES string of the molecule is C[C@H](NC(=O)O)C(=O)N1CCC2(CC1)C[C@H](CCN1CCN(c3ccc(F)cc3)CC1)N(C)C2=O. The van der Waals surface area contributed by atoms with Crippen molar-refractivity contribution in [2.45, 2.75) is 44.7 Å². The molecule has 2 atom stereocenters. The highest BCUT2D eigenvalue weighted by Gasteiger charge is 2.51. The van der Waals surface area contributed by atoms with Gasteiger partial charge in [-0.25, -0.2) is 9.18 Å². The second-order valence-corrected chi connectivity index (χ2v) is 10.1. The van der Waals surface area contributed by atoms with Gasteiger partial charge in [0.2, 0.25) is 11.8 Å². The van der Waals surface area contributed by atoms with Crippen LogP contribution in [-0.2, 0) is 9.59 Å². The molecule has 0 aromatic heterocycles. The second-order valence-electron chi connectivity index (χ2n) is 10.1. The molecule has 2 N–H and O–H groups in total. The summed E-state index contributed by atoms with van der Waals surface area (Å²) < 4.78 is 13.2. The molecule has 0 bridgehead atoms. The number of piperidine rings is 1. The minimum atomic E-state index is -1.22. The van der Waals surface area contributed by atoms with E-state index in [1.54, 1.807) is 11.8 Å². The maximum Gasteiger partial charge on any atom is 0.405 e. The Morgan fingerprint density at radius 1 is 1.11 bits per heavy atom. The Kier molecular flexibility index (Phi) is 7.49. The molecule has 1 spiro atoms. The number of hydrogen-bond donors (Lipinski definition) is 2. The van der Waals surface area contributed by atoms with Gasteiger partial charge in [-0.3, -0.25) is 14.5 Å². The van der Waals surface area contributed by atoms with E-state index in [1.165, 1.54) is 12.1 Å². The van der Waals surface area contributed by atoms with Crippen molar-refractivity contribution < 1.29 is 23.9 Å². The fraction of sp³-hybridized carbons (Fsp3) is 0.640. The molecule has 192 valence electrons. The van der Waals surface area contributed by atoms with Gasteiger partial charge in [-0.15, -0.1) is 0 Å². The standard InChI is InChI=1S/C25H36FN5O4/c1-18(27-24(34)35)22(32)31-11-8-25(9-12-31)17-21(28(2)23(25)33)7-10-29-13-15-30(16-14-29)20-5-3-19(26)4-6-20/h3-6,18,21,27H,7-17H2,1-2H3,(H,34,35)/t18-,21-/m0/s1. The summed E-state index contributed by atoms with van der Waals surface area (Å²) in [4.78, 5) is 44.9. The van der Waals surface area contributed by atoms with Crippen molar-refractivity contribution in [1.82, 2.24) is 20.0 Å². The Balaban J connectivity index is 1.24.